The smallest absolute Gasteiger partial charge is 0.416 e. The predicted molar refractivity (Wildman–Crippen MR) is 81.2 cm³/mol. The molecule has 0 atom stereocenters. The number of rotatable bonds is 4. The minimum absolute atomic E-state index is 0.0648. The van der Waals surface area contributed by atoms with Gasteiger partial charge in [-0.25, -0.2) is 0 Å². The molecule has 2 aromatic carbocycles. The lowest BCUT2D eigenvalue weighted by molar-refractivity contribution is -0.143. The third-order valence-corrected chi connectivity index (χ3v) is 3.48. The van der Waals surface area contributed by atoms with Crippen LogP contribution in [0.4, 0.5) is 26.3 Å². The van der Waals surface area contributed by atoms with Gasteiger partial charge in [-0.1, -0.05) is 5.16 Å². The number of benzene rings is 2. The van der Waals surface area contributed by atoms with Gasteiger partial charge in [0.2, 0.25) is 0 Å². The zero-order valence-electron chi connectivity index (χ0n) is 13.3. The van der Waals surface area contributed by atoms with Gasteiger partial charge in [0.15, 0.2) is 0 Å². The molecule has 0 aliphatic heterocycles. The van der Waals surface area contributed by atoms with E-state index in [2.05, 4.69) is 5.16 Å². The lowest BCUT2D eigenvalue weighted by atomic mass is 10.1. The molecule has 0 spiro atoms. The number of halogens is 6. The van der Waals surface area contributed by atoms with E-state index in [9.17, 15) is 26.3 Å². The van der Waals surface area contributed by atoms with Crippen LogP contribution in [0.2, 0.25) is 0 Å². The van der Waals surface area contributed by atoms with E-state index in [0.29, 0.717) is 23.4 Å². The monoisotopic (exact) mass is 377 g/mol. The first-order valence-corrected chi connectivity index (χ1v) is 7.21. The van der Waals surface area contributed by atoms with Crippen LogP contribution in [-0.4, -0.2) is 10.9 Å². The minimum atomic E-state index is -4.90. The van der Waals surface area contributed by atoms with E-state index in [1.807, 2.05) is 0 Å². The number of oxime groups is 1. The zero-order chi connectivity index (χ0) is 19.5. The van der Waals surface area contributed by atoms with Crippen molar-refractivity contribution in [3.05, 3.63) is 64.7 Å². The molecule has 140 valence electrons. The van der Waals surface area contributed by atoms with E-state index in [1.165, 1.54) is 24.3 Å². The first-order chi connectivity index (χ1) is 12.0. The van der Waals surface area contributed by atoms with Crippen molar-refractivity contribution in [1.29, 1.82) is 0 Å². The molecule has 0 radical (unpaired) electrons. The fraction of sp³-hybridized carbons (Fsp3) is 0.235. The molecule has 0 aliphatic carbocycles. The molecule has 9 heteroatoms. The van der Waals surface area contributed by atoms with Gasteiger partial charge in [-0.2, -0.15) is 26.3 Å². The van der Waals surface area contributed by atoms with Gasteiger partial charge in [-0.15, -0.1) is 0 Å². The zero-order valence-corrected chi connectivity index (χ0v) is 13.3. The highest BCUT2D eigenvalue weighted by Gasteiger charge is 2.36. The third-order valence-electron chi connectivity index (χ3n) is 3.48. The Morgan fingerprint density at radius 2 is 1.42 bits per heavy atom. The van der Waals surface area contributed by atoms with Gasteiger partial charge in [-0.3, -0.25) is 0 Å². The van der Waals surface area contributed by atoms with Crippen LogP contribution in [0, 0.1) is 0 Å². The average molecular weight is 377 g/mol. The summed E-state index contributed by atoms with van der Waals surface area (Å²) in [5, 5.41) is 11.7. The number of alkyl halides is 6. The second-order valence-corrected chi connectivity index (χ2v) is 5.41. The highest BCUT2D eigenvalue weighted by Crippen LogP contribution is 2.36. The molecular weight excluding hydrogens is 364 g/mol. The summed E-state index contributed by atoms with van der Waals surface area (Å²) in [5.41, 5.74) is -2.13. The van der Waals surface area contributed by atoms with Gasteiger partial charge in [-0.05, 0) is 60.5 Å². The fourth-order valence-corrected chi connectivity index (χ4v) is 2.12. The van der Waals surface area contributed by atoms with Crippen LogP contribution in [-0.2, 0) is 19.0 Å². The lowest BCUT2D eigenvalue weighted by Gasteiger charge is -2.14. The summed E-state index contributed by atoms with van der Waals surface area (Å²) in [7, 11) is 0. The maximum atomic E-state index is 12.8. The number of nitrogens with zero attached hydrogens (tertiary/aromatic N) is 1. The van der Waals surface area contributed by atoms with Crippen LogP contribution in [0.3, 0.4) is 0 Å². The summed E-state index contributed by atoms with van der Waals surface area (Å²) in [5.74, 6) is 0.241. The number of ether oxygens (including phenoxy) is 1. The molecule has 26 heavy (non-hydrogen) atoms. The van der Waals surface area contributed by atoms with Gasteiger partial charge in [0.05, 0.1) is 16.8 Å². The molecule has 0 saturated heterocycles. The summed E-state index contributed by atoms with van der Waals surface area (Å²) in [6.07, 6.45) is -9.81. The van der Waals surface area contributed by atoms with Crippen molar-refractivity contribution in [2.75, 3.05) is 0 Å². The summed E-state index contributed by atoms with van der Waals surface area (Å²) < 4.78 is 82.1. The molecule has 0 saturated carbocycles. The Hall–Kier alpha value is -2.71. The van der Waals surface area contributed by atoms with Crippen molar-refractivity contribution < 1.29 is 36.3 Å². The van der Waals surface area contributed by atoms with Gasteiger partial charge < -0.3 is 9.94 Å². The van der Waals surface area contributed by atoms with Crippen molar-refractivity contribution >= 4 is 5.71 Å². The molecule has 0 bridgehead atoms. The molecule has 0 fully saturated rings. The average Bonchev–Trinajstić information content (AvgIpc) is 2.58. The quantitative estimate of drug-likeness (QED) is 0.331. The summed E-state index contributed by atoms with van der Waals surface area (Å²) in [4.78, 5) is 0. The van der Waals surface area contributed by atoms with E-state index in [4.69, 9.17) is 9.94 Å². The normalized spacial score (nSPS) is 13.0. The maximum absolute atomic E-state index is 12.8. The van der Waals surface area contributed by atoms with E-state index in [1.54, 1.807) is 6.92 Å². The third kappa shape index (κ3) is 4.90. The Labute approximate surface area is 144 Å². The minimum Gasteiger partial charge on any atom is -0.489 e. The molecular formula is C17H13F6NO2. The molecule has 2 rings (SSSR count). The van der Waals surface area contributed by atoms with E-state index < -0.39 is 30.1 Å². The second kappa shape index (κ2) is 7.27. The SMILES string of the molecule is C/C(=N/O)c1ccc(OCc2cc(C(F)(F)F)cc(C(F)(F)F)c2)cc1. The Kier molecular flexibility index (Phi) is 5.48. The molecule has 1 N–H and O–H groups in total. The summed E-state index contributed by atoms with van der Waals surface area (Å²) in [6, 6.07) is 7.30. The second-order valence-electron chi connectivity index (χ2n) is 5.41. The molecule has 2 aromatic rings. The van der Waals surface area contributed by atoms with Crippen LogP contribution < -0.4 is 4.74 Å². The van der Waals surface area contributed by atoms with Crippen LogP contribution >= 0.6 is 0 Å². The predicted octanol–water partition coefficient (Wildman–Crippen LogP) is 5.50. The molecule has 0 unspecified atom stereocenters. The maximum Gasteiger partial charge on any atom is 0.416 e. The highest BCUT2D eigenvalue weighted by molar-refractivity contribution is 5.98. The topological polar surface area (TPSA) is 41.8 Å². The number of hydrogen-bond acceptors (Lipinski definition) is 3. The van der Waals surface area contributed by atoms with Crippen molar-refractivity contribution in [3.63, 3.8) is 0 Å². The lowest BCUT2D eigenvalue weighted by Crippen LogP contribution is -2.12. The van der Waals surface area contributed by atoms with Crippen molar-refractivity contribution in [3.8, 4) is 5.75 Å². The first-order valence-electron chi connectivity index (χ1n) is 7.21. The fourth-order valence-electron chi connectivity index (χ4n) is 2.12. The van der Waals surface area contributed by atoms with Gasteiger partial charge >= 0.3 is 12.4 Å². The van der Waals surface area contributed by atoms with E-state index in [0.717, 1.165) is 0 Å². The van der Waals surface area contributed by atoms with Gasteiger partial charge in [0.1, 0.15) is 12.4 Å². The summed E-state index contributed by atoms with van der Waals surface area (Å²) in [6.45, 7) is 1.08. The van der Waals surface area contributed by atoms with E-state index in [-0.39, 0.29) is 17.4 Å². The van der Waals surface area contributed by atoms with E-state index >= 15 is 0 Å². The molecule has 0 aliphatic rings. The molecule has 0 amide bonds. The van der Waals surface area contributed by atoms with Crippen LogP contribution in [0.15, 0.2) is 47.6 Å². The molecule has 0 heterocycles. The van der Waals surface area contributed by atoms with Crippen LogP contribution in [0.1, 0.15) is 29.2 Å². The largest absolute Gasteiger partial charge is 0.489 e. The van der Waals surface area contributed by atoms with Gasteiger partial charge in [0.25, 0.3) is 0 Å². The highest BCUT2D eigenvalue weighted by atomic mass is 19.4. The molecule has 0 aromatic heterocycles. The summed E-state index contributed by atoms with van der Waals surface area (Å²) >= 11 is 0. The van der Waals surface area contributed by atoms with Gasteiger partial charge in [0, 0.05) is 0 Å². The van der Waals surface area contributed by atoms with Crippen LogP contribution in [0.5, 0.6) is 5.75 Å². The van der Waals surface area contributed by atoms with Crippen molar-refractivity contribution in [2.24, 2.45) is 5.16 Å². The number of hydrogen-bond donors (Lipinski definition) is 1. The Balaban J connectivity index is 2.23. The Morgan fingerprint density at radius 3 is 1.85 bits per heavy atom. The first kappa shape index (κ1) is 19.6. The van der Waals surface area contributed by atoms with Crippen LogP contribution in [0.25, 0.3) is 0 Å². The Bertz CT molecular complexity index is 762. The van der Waals surface area contributed by atoms with Crippen molar-refractivity contribution in [1.82, 2.24) is 0 Å². The van der Waals surface area contributed by atoms with Crippen molar-refractivity contribution in [2.45, 2.75) is 25.9 Å². The molecule has 3 nitrogen and oxygen atoms in total. The Morgan fingerprint density at radius 1 is 0.923 bits per heavy atom. The standard InChI is InChI=1S/C17H13F6NO2/c1-10(24-25)12-2-4-15(5-3-12)26-9-11-6-13(16(18,19)20)8-14(7-11)17(21,22)23/h2-8,25H,9H2,1H3/b24-10-.